The van der Waals surface area contributed by atoms with Crippen LogP contribution in [0.5, 0.6) is 0 Å². The van der Waals surface area contributed by atoms with Gasteiger partial charge in [-0.2, -0.15) is 0 Å². The molecule has 2 aromatic rings. The normalized spacial score (nSPS) is 11.3. The van der Waals surface area contributed by atoms with Crippen molar-refractivity contribution < 1.29 is 0 Å². The van der Waals surface area contributed by atoms with E-state index in [1.165, 1.54) is 16.3 Å². The molecule has 0 saturated heterocycles. The minimum absolute atomic E-state index is 0.881. The van der Waals surface area contributed by atoms with Crippen LogP contribution < -0.4 is 0 Å². The molecule has 2 aromatic carbocycles. The van der Waals surface area contributed by atoms with Crippen LogP contribution in [-0.4, -0.2) is 5.33 Å². The summed E-state index contributed by atoms with van der Waals surface area (Å²) < 4.78 is 1.16. The van der Waals surface area contributed by atoms with Crippen molar-refractivity contribution in [3.8, 4) is 0 Å². The van der Waals surface area contributed by atoms with Crippen molar-refractivity contribution in [3.63, 3.8) is 0 Å². The van der Waals surface area contributed by atoms with E-state index in [9.17, 15) is 0 Å². The van der Waals surface area contributed by atoms with Crippen LogP contribution in [0.15, 0.2) is 46.9 Å². The van der Waals surface area contributed by atoms with Gasteiger partial charge < -0.3 is 0 Å². The Morgan fingerprint density at radius 1 is 1.07 bits per heavy atom. The molecule has 0 radical (unpaired) electrons. The highest BCUT2D eigenvalue weighted by atomic mass is 79.9. The standard InChI is InChI=1S/C13H10Br2/c14-9-3-5-11-8-7-10-4-1-2-6-12(10)13(11)15/h1-8H,9H2. The van der Waals surface area contributed by atoms with Gasteiger partial charge in [-0.1, -0.05) is 64.5 Å². The van der Waals surface area contributed by atoms with Crippen LogP contribution in [0, 0.1) is 0 Å². The lowest BCUT2D eigenvalue weighted by atomic mass is 10.1. The van der Waals surface area contributed by atoms with Gasteiger partial charge >= 0.3 is 0 Å². The molecular formula is C13H10Br2. The number of alkyl halides is 1. The van der Waals surface area contributed by atoms with Gasteiger partial charge in [0.25, 0.3) is 0 Å². The van der Waals surface area contributed by atoms with Crippen LogP contribution in [0.1, 0.15) is 5.56 Å². The summed E-state index contributed by atoms with van der Waals surface area (Å²) in [6.45, 7) is 0. The lowest BCUT2D eigenvalue weighted by Gasteiger charge is -2.03. The van der Waals surface area contributed by atoms with Crippen LogP contribution in [-0.2, 0) is 0 Å². The summed E-state index contributed by atoms with van der Waals surface area (Å²) in [6, 6.07) is 12.6. The second kappa shape index (κ2) is 4.95. The highest BCUT2D eigenvalue weighted by molar-refractivity contribution is 9.10. The fraction of sp³-hybridized carbons (Fsp3) is 0.0769. The molecule has 15 heavy (non-hydrogen) atoms. The van der Waals surface area contributed by atoms with Gasteiger partial charge in [0.15, 0.2) is 0 Å². The van der Waals surface area contributed by atoms with E-state index in [0.29, 0.717) is 0 Å². The summed E-state index contributed by atoms with van der Waals surface area (Å²) in [6.07, 6.45) is 4.21. The van der Waals surface area contributed by atoms with Gasteiger partial charge in [-0.15, -0.1) is 0 Å². The van der Waals surface area contributed by atoms with Crippen molar-refractivity contribution in [2.45, 2.75) is 0 Å². The molecule has 0 aliphatic heterocycles. The van der Waals surface area contributed by atoms with Gasteiger partial charge in [-0.25, -0.2) is 0 Å². The van der Waals surface area contributed by atoms with E-state index < -0.39 is 0 Å². The van der Waals surface area contributed by atoms with Crippen LogP contribution >= 0.6 is 31.9 Å². The number of allylic oxidation sites excluding steroid dienone is 1. The molecule has 0 aliphatic carbocycles. The molecular weight excluding hydrogens is 316 g/mol. The van der Waals surface area contributed by atoms with Gasteiger partial charge in [0, 0.05) is 9.80 Å². The predicted octanol–water partition coefficient (Wildman–Crippen LogP) is 5.01. The minimum atomic E-state index is 0.881. The lowest BCUT2D eigenvalue weighted by molar-refractivity contribution is 1.65. The van der Waals surface area contributed by atoms with E-state index in [1.807, 2.05) is 0 Å². The fourth-order valence-corrected chi connectivity index (χ4v) is 2.36. The summed E-state index contributed by atoms with van der Waals surface area (Å²) in [5, 5.41) is 3.40. The lowest BCUT2D eigenvalue weighted by Crippen LogP contribution is -1.79. The van der Waals surface area contributed by atoms with E-state index in [2.05, 4.69) is 80.4 Å². The third-order valence-electron chi connectivity index (χ3n) is 2.28. The third kappa shape index (κ3) is 2.32. The SMILES string of the molecule is BrCC=Cc1ccc2ccccc2c1Br. The zero-order valence-electron chi connectivity index (χ0n) is 8.08. The molecule has 0 atom stereocenters. The Morgan fingerprint density at radius 3 is 2.67 bits per heavy atom. The topological polar surface area (TPSA) is 0 Å². The quantitative estimate of drug-likeness (QED) is 0.681. The molecule has 2 rings (SSSR count). The summed E-state index contributed by atoms with van der Waals surface area (Å²) >= 11 is 7.02. The Hall–Kier alpha value is -0.600. The van der Waals surface area contributed by atoms with Gasteiger partial charge in [0.05, 0.1) is 0 Å². The molecule has 76 valence electrons. The molecule has 2 heteroatoms. The van der Waals surface area contributed by atoms with Crippen molar-refractivity contribution >= 4 is 48.7 Å². The maximum atomic E-state index is 3.65. The first-order valence-electron chi connectivity index (χ1n) is 4.72. The number of hydrogen-bond acceptors (Lipinski definition) is 0. The molecule has 0 bridgehead atoms. The van der Waals surface area contributed by atoms with Gasteiger partial charge in [0.1, 0.15) is 0 Å². The molecule has 0 spiro atoms. The number of hydrogen-bond donors (Lipinski definition) is 0. The molecule has 0 fully saturated rings. The molecule has 0 heterocycles. The maximum absolute atomic E-state index is 3.65. The van der Waals surface area contributed by atoms with E-state index in [1.54, 1.807) is 0 Å². The largest absolute Gasteiger partial charge is 0.0883 e. The van der Waals surface area contributed by atoms with Gasteiger partial charge in [-0.3, -0.25) is 0 Å². The zero-order valence-corrected chi connectivity index (χ0v) is 11.3. The van der Waals surface area contributed by atoms with E-state index in [-0.39, 0.29) is 0 Å². The Morgan fingerprint density at radius 2 is 1.87 bits per heavy atom. The summed E-state index contributed by atoms with van der Waals surface area (Å²) in [7, 11) is 0. The van der Waals surface area contributed by atoms with Crippen LogP contribution in [0.3, 0.4) is 0 Å². The summed E-state index contributed by atoms with van der Waals surface area (Å²) in [5.74, 6) is 0. The highest BCUT2D eigenvalue weighted by Gasteiger charge is 2.01. The van der Waals surface area contributed by atoms with Gasteiger partial charge in [-0.05, 0) is 32.3 Å². The molecule has 0 amide bonds. The minimum Gasteiger partial charge on any atom is -0.0883 e. The van der Waals surface area contributed by atoms with E-state index in [4.69, 9.17) is 0 Å². The second-order valence-corrected chi connectivity index (χ2v) is 4.69. The van der Waals surface area contributed by atoms with Crippen LogP contribution in [0.25, 0.3) is 16.8 Å². The van der Waals surface area contributed by atoms with Crippen molar-refractivity contribution in [1.82, 2.24) is 0 Å². The smallest absolute Gasteiger partial charge is 0.0326 e. The predicted molar refractivity (Wildman–Crippen MR) is 74.5 cm³/mol. The van der Waals surface area contributed by atoms with Crippen molar-refractivity contribution in [2.75, 3.05) is 5.33 Å². The third-order valence-corrected chi connectivity index (χ3v) is 3.54. The second-order valence-electron chi connectivity index (χ2n) is 3.25. The fourth-order valence-electron chi connectivity index (χ4n) is 1.55. The zero-order chi connectivity index (χ0) is 10.7. The molecule has 0 unspecified atom stereocenters. The Balaban J connectivity index is 2.60. The van der Waals surface area contributed by atoms with Gasteiger partial charge in [0.2, 0.25) is 0 Å². The Kier molecular flexibility index (Phi) is 3.60. The summed E-state index contributed by atoms with van der Waals surface area (Å²) in [4.78, 5) is 0. The summed E-state index contributed by atoms with van der Waals surface area (Å²) in [5.41, 5.74) is 1.22. The molecule has 0 aromatic heterocycles. The number of benzene rings is 2. The van der Waals surface area contributed by atoms with E-state index in [0.717, 1.165) is 9.80 Å². The molecule has 0 aliphatic rings. The maximum Gasteiger partial charge on any atom is 0.0326 e. The first kappa shape index (κ1) is 10.9. The average molecular weight is 326 g/mol. The van der Waals surface area contributed by atoms with Crippen molar-refractivity contribution in [3.05, 3.63) is 52.5 Å². The molecule has 0 saturated carbocycles. The van der Waals surface area contributed by atoms with Crippen LogP contribution in [0.4, 0.5) is 0 Å². The number of halogens is 2. The average Bonchev–Trinajstić information content (AvgIpc) is 2.29. The molecule has 0 N–H and O–H groups in total. The van der Waals surface area contributed by atoms with E-state index >= 15 is 0 Å². The Bertz CT molecular complexity index is 501. The highest BCUT2D eigenvalue weighted by Crippen LogP contribution is 2.28. The first-order chi connectivity index (χ1) is 7.33. The van der Waals surface area contributed by atoms with Crippen LogP contribution in [0.2, 0.25) is 0 Å². The Labute approximate surface area is 106 Å². The monoisotopic (exact) mass is 324 g/mol. The first-order valence-corrected chi connectivity index (χ1v) is 6.64. The van der Waals surface area contributed by atoms with Crippen molar-refractivity contribution in [1.29, 1.82) is 0 Å². The number of rotatable bonds is 2. The number of fused-ring (bicyclic) bond motifs is 1. The molecule has 0 nitrogen and oxygen atoms in total. The van der Waals surface area contributed by atoms with Crippen molar-refractivity contribution in [2.24, 2.45) is 0 Å².